The zero-order valence-electron chi connectivity index (χ0n) is 11.2. The normalized spacial score (nSPS) is 26.1. The van der Waals surface area contributed by atoms with Crippen LogP contribution in [0.5, 0.6) is 0 Å². The predicted molar refractivity (Wildman–Crippen MR) is 67.6 cm³/mol. The minimum atomic E-state index is -0.0417. The van der Waals surface area contributed by atoms with Crippen LogP contribution in [0.3, 0.4) is 0 Å². The highest BCUT2D eigenvalue weighted by Gasteiger charge is 2.36. The van der Waals surface area contributed by atoms with Gasteiger partial charge in [0.05, 0.1) is 11.6 Å². The maximum Gasteiger partial charge on any atom is 0.0736 e. The van der Waals surface area contributed by atoms with Gasteiger partial charge in [-0.15, -0.1) is 0 Å². The van der Waals surface area contributed by atoms with E-state index >= 15 is 0 Å². The lowest BCUT2D eigenvalue weighted by Gasteiger charge is -2.43. The summed E-state index contributed by atoms with van der Waals surface area (Å²) in [7, 11) is 3.95. The Bertz CT molecular complexity index is 212. The third-order valence-corrected chi connectivity index (χ3v) is 4.08. The van der Waals surface area contributed by atoms with Crippen LogP contribution in [-0.4, -0.2) is 68.3 Å². The molecule has 4 nitrogen and oxygen atoms in total. The Morgan fingerprint density at radius 2 is 2.00 bits per heavy atom. The Balaban J connectivity index is 2.71. The van der Waals surface area contributed by atoms with E-state index in [2.05, 4.69) is 30.7 Å². The number of hydrogen-bond donors (Lipinski definition) is 1. The number of rotatable bonds is 4. The van der Waals surface area contributed by atoms with E-state index in [1.165, 1.54) is 13.0 Å². The summed E-state index contributed by atoms with van der Waals surface area (Å²) in [6, 6.07) is 0. The van der Waals surface area contributed by atoms with Gasteiger partial charge in [-0.05, 0) is 33.9 Å². The van der Waals surface area contributed by atoms with Crippen molar-refractivity contribution >= 4 is 0 Å². The highest BCUT2D eigenvalue weighted by atomic mass is 16.5. The first-order valence-corrected chi connectivity index (χ1v) is 6.21. The molecule has 0 aromatic heterocycles. The van der Waals surface area contributed by atoms with E-state index in [0.717, 1.165) is 19.6 Å². The van der Waals surface area contributed by atoms with Crippen molar-refractivity contribution in [3.8, 4) is 0 Å². The lowest BCUT2D eigenvalue weighted by Crippen LogP contribution is -2.59. The summed E-state index contributed by atoms with van der Waals surface area (Å²) in [4.78, 5) is 4.87. The fraction of sp³-hybridized carbons (Fsp3) is 1.00. The van der Waals surface area contributed by atoms with Gasteiger partial charge in [-0.2, -0.15) is 0 Å². The standard InChI is InChI=1S/C12H27N3O/c1-11(16-4)12(2,10-13)15-7-5-6-14(3)8-9-15/h11H,5-10,13H2,1-4H3. The molecule has 0 radical (unpaired) electrons. The maximum atomic E-state index is 5.96. The highest BCUT2D eigenvalue weighted by molar-refractivity contribution is 4.94. The van der Waals surface area contributed by atoms with Crippen molar-refractivity contribution in [2.24, 2.45) is 5.73 Å². The van der Waals surface area contributed by atoms with Crippen molar-refractivity contribution in [3.63, 3.8) is 0 Å². The molecule has 0 spiro atoms. The van der Waals surface area contributed by atoms with Crippen LogP contribution in [0, 0.1) is 0 Å². The van der Waals surface area contributed by atoms with Gasteiger partial charge >= 0.3 is 0 Å². The molecule has 1 fully saturated rings. The molecule has 2 unspecified atom stereocenters. The fourth-order valence-corrected chi connectivity index (χ4v) is 2.36. The molecular formula is C12H27N3O. The topological polar surface area (TPSA) is 41.7 Å². The van der Waals surface area contributed by atoms with Crippen molar-refractivity contribution in [1.82, 2.24) is 9.80 Å². The van der Waals surface area contributed by atoms with Gasteiger partial charge in [0.2, 0.25) is 0 Å². The van der Waals surface area contributed by atoms with Crippen LogP contribution in [0.2, 0.25) is 0 Å². The molecule has 1 aliphatic rings. The molecular weight excluding hydrogens is 202 g/mol. The molecule has 0 amide bonds. The van der Waals surface area contributed by atoms with Gasteiger partial charge in [0.25, 0.3) is 0 Å². The Morgan fingerprint density at radius 1 is 1.31 bits per heavy atom. The summed E-state index contributed by atoms with van der Waals surface area (Å²) in [6.45, 7) is 9.47. The SMILES string of the molecule is COC(C)C(C)(CN)N1CCCN(C)CC1. The molecule has 1 aliphatic heterocycles. The quantitative estimate of drug-likeness (QED) is 0.756. The van der Waals surface area contributed by atoms with Crippen LogP contribution in [-0.2, 0) is 4.74 Å². The van der Waals surface area contributed by atoms with Gasteiger partial charge in [-0.1, -0.05) is 0 Å². The van der Waals surface area contributed by atoms with Crippen molar-refractivity contribution < 1.29 is 4.74 Å². The predicted octanol–water partition coefficient (Wildman–Crippen LogP) is 0.376. The van der Waals surface area contributed by atoms with Crippen molar-refractivity contribution in [2.45, 2.75) is 31.9 Å². The molecule has 0 aromatic rings. The van der Waals surface area contributed by atoms with Crippen molar-refractivity contribution in [1.29, 1.82) is 0 Å². The first-order valence-electron chi connectivity index (χ1n) is 6.21. The monoisotopic (exact) mass is 229 g/mol. The number of nitrogens with zero attached hydrogens (tertiary/aromatic N) is 2. The van der Waals surface area contributed by atoms with E-state index in [-0.39, 0.29) is 11.6 Å². The molecule has 2 atom stereocenters. The zero-order chi connectivity index (χ0) is 12.2. The molecule has 0 aromatic carbocycles. The summed E-state index contributed by atoms with van der Waals surface area (Å²) >= 11 is 0. The Kier molecular flexibility index (Phi) is 5.18. The lowest BCUT2D eigenvalue weighted by molar-refractivity contribution is -0.0292. The van der Waals surface area contributed by atoms with Crippen LogP contribution in [0.15, 0.2) is 0 Å². The fourth-order valence-electron chi connectivity index (χ4n) is 2.36. The van der Waals surface area contributed by atoms with Crippen LogP contribution >= 0.6 is 0 Å². The molecule has 1 saturated heterocycles. The second-order valence-electron chi connectivity index (χ2n) is 5.08. The minimum absolute atomic E-state index is 0.0417. The largest absolute Gasteiger partial charge is 0.380 e. The second kappa shape index (κ2) is 5.96. The summed E-state index contributed by atoms with van der Waals surface area (Å²) in [5.41, 5.74) is 5.92. The van der Waals surface area contributed by atoms with E-state index in [4.69, 9.17) is 10.5 Å². The first kappa shape index (κ1) is 13.9. The number of methoxy groups -OCH3 is 1. The van der Waals surface area contributed by atoms with Gasteiger partial charge in [0, 0.05) is 33.3 Å². The van der Waals surface area contributed by atoms with E-state index < -0.39 is 0 Å². The lowest BCUT2D eigenvalue weighted by atomic mass is 9.93. The van der Waals surface area contributed by atoms with E-state index in [9.17, 15) is 0 Å². The summed E-state index contributed by atoms with van der Waals surface area (Å²) in [5, 5.41) is 0. The molecule has 1 heterocycles. The molecule has 2 N–H and O–H groups in total. The number of nitrogens with two attached hydrogens (primary N) is 1. The number of hydrogen-bond acceptors (Lipinski definition) is 4. The molecule has 0 saturated carbocycles. The molecule has 1 rings (SSSR count). The third-order valence-electron chi connectivity index (χ3n) is 4.08. The smallest absolute Gasteiger partial charge is 0.0736 e. The molecule has 4 heteroatoms. The Labute approximate surface area is 99.7 Å². The van der Waals surface area contributed by atoms with Gasteiger partial charge in [0.1, 0.15) is 0 Å². The molecule has 0 aliphatic carbocycles. The summed E-state index contributed by atoms with van der Waals surface area (Å²) in [5.74, 6) is 0. The molecule has 96 valence electrons. The van der Waals surface area contributed by atoms with Crippen LogP contribution in [0.25, 0.3) is 0 Å². The van der Waals surface area contributed by atoms with Gasteiger partial charge in [-0.3, -0.25) is 4.90 Å². The number of ether oxygens (including phenoxy) is 1. The zero-order valence-corrected chi connectivity index (χ0v) is 11.2. The molecule has 0 bridgehead atoms. The maximum absolute atomic E-state index is 5.96. The Morgan fingerprint density at radius 3 is 2.56 bits per heavy atom. The molecule has 16 heavy (non-hydrogen) atoms. The average Bonchev–Trinajstić information content (AvgIpc) is 2.52. The third kappa shape index (κ3) is 2.94. The van der Waals surface area contributed by atoms with E-state index in [1.807, 2.05) is 0 Å². The second-order valence-corrected chi connectivity index (χ2v) is 5.08. The Hall–Kier alpha value is -0.160. The van der Waals surface area contributed by atoms with E-state index in [0.29, 0.717) is 6.54 Å². The summed E-state index contributed by atoms with van der Waals surface area (Å²) in [6.07, 6.45) is 1.38. The van der Waals surface area contributed by atoms with E-state index in [1.54, 1.807) is 7.11 Å². The van der Waals surface area contributed by atoms with Gasteiger partial charge in [-0.25, -0.2) is 0 Å². The van der Waals surface area contributed by atoms with Crippen molar-refractivity contribution in [2.75, 3.05) is 46.9 Å². The first-order chi connectivity index (χ1) is 7.54. The average molecular weight is 229 g/mol. The van der Waals surface area contributed by atoms with Crippen molar-refractivity contribution in [3.05, 3.63) is 0 Å². The van der Waals surface area contributed by atoms with Gasteiger partial charge in [0.15, 0.2) is 0 Å². The number of likely N-dealkylation sites (N-methyl/N-ethyl adjacent to an activating group) is 1. The van der Waals surface area contributed by atoms with Crippen LogP contribution < -0.4 is 5.73 Å². The summed E-state index contributed by atoms with van der Waals surface area (Å²) < 4.78 is 5.49. The van der Waals surface area contributed by atoms with Crippen LogP contribution in [0.4, 0.5) is 0 Å². The van der Waals surface area contributed by atoms with Crippen LogP contribution in [0.1, 0.15) is 20.3 Å². The minimum Gasteiger partial charge on any atom is -0.380 e. The van der Waals surface area contributed by atoms with Gasteiger partial charge < -0.3 is 15.4 Å². The highest BCUT2D eigenvalue weighted by Crippen LogP contribution is 2.22.